The van der Waals surface area contributed by atoms with Crippen LogP contribution in [0.3, 0.4) is 0 Å². The van der Waals surface area contributed by atoms with Crippen LogP contribution in [0.4, 0.5) is 0 Å². The van der Waals surface area contributed by atoms with Gasteiger partial charge in [0.15, 0.2) is 0 Å². The van der Waals surface area contributed by atoms with Crippen LogP contribution in [0.15, 0.2) is 36.7 Å². The number of nitrogens with zero attached hydrogens (tertiary/aromatic N) is 2. The maximum absolute atomic E-state index is 4.49. The summed E-state index contributed by atoms with van der Waals surface area (Å²) in [6.07, 6.45) is 4.69. The van der Waals surface area contributed by atoms with E-state index in [-0.39, 0.29) is 12.4 Å². The molecule has 1 atom stereocenters. The lowest BCUT2D eigenvalue weighted by molar-refractivity contribution is 0.375. The third-order valence-electron chi connectivity index (χ3n) is 3.17. The van der Waals surface area contributed by atoms with E-state index in [9.17, 15) is 0 Å². The highest BCUT2D eigenvalue weighted by atomic mass is 35.5. The fourth-order valence-corrected chi connectivity index (χ4v) is 2.14. The zero-order chi connectivity index (χ0) is 11.7. The van der Waals surface area contributed by atoms with Crippen molar-refractivity contribution in [3.05, 3.63) is 47.9 Å². The van der Waals surface area contributed by atoms with Crippen molar-refractivity contribution in [2.45, 2.75) is 19.4 Å². The second kappa shape index (κ2) is 5.46. The summed E-state index contributed by atoms with van der Waals surface area (Å²) in [6.45, 7) is 3.18. The minimum atomic E-state index is 0. The lowest BCUT2D eigenvalue weighted by Crippen LogP contribution is -2.36. The molecule has 0 bridgehead atoms. The fourth-order valence-electron chi connectivity index (χ4n) is 2.14. The molecule has 1 aliphatic heterocycles. The Morgan fingerprint density at radius 1 is 1.22 bits per heavy atom. The third-order valence-corrected chi connectivity index (χ3v) is 3.17. The molecule has 3 rings (SSSR count). The fraction of sp³-hybridized carbons (Fsp3) is 0.286. The van der Waals surface area contributed by atoms with Crippen LogP contribution in [-0.2, 0) is 0 Å². The number of benzene rings is 1. The Hall–Kier alpha value is -1.45. The second-order valence-corrected chi connectivity index (χ2v) is 4.46. The van der Waals surface area contributed by atoms with Crippen LogP contribution in [0.1, 0.15) is 23.7 Å². The van der Waals surface area contributed by atoms with Gasteiger partial charge in [0.2, 0.25) is 0 Å². The summed E-state index contributed by atoms with van der Waals surface area (Å²) in [6, 6.07) is 8.79. The predicted molar refractivity (Wildman–Crippen MR) is 74.8 cm³/mol. The summed E-state index contributed by atoms with van der Waals surface area (Å²) in [5.41, 5.74) is 4.49. The first kappa shape index (κ1) is 13.0. The van der Waals surface area contributed by atoms with Gasteiger partial charge in [0.1, 0.15) is 0 Å². The number of hydrogen-bond acceptors (Lipinski definition) is 3. The number of aromatic nitrogens is 2. The Balaban J connectivity index is 0.00000120. The van der Waals surface area contributed by atoms with Crippen molar-refractivity contribution in [2.75, 3.05) is 6.54 Å². The van der Waals surface area contributed by atoms with Crippen molar-refractivity contribution in [2.24, 2.45) is 0 Å². The molecule has 0 aliphatic carbocycles. The number of rotatable bonds is 2. The Morgan fingerprint density at radius 3 is 2.67 bits per heavy atom. The van der Waals surface area contributed by atoms with Crippen LogP contribution < -0.4 is 5.32 Å². The van der Waals surface area contributed by atoms with Gasteiger partial charge >= 0.3 is 0 Å². The van der Waals surface area contributed by atoms with E-state index in [2.05, 4.69) is 46.5 Å². The summed E-state index contributed by atoms with van der Waals surface area (Å²) in [4.78, 5) is 8.97. The molecule has 1 N–H and O–H groups in total. The van der Waals surface area contributed by atoms with Gasteiger partial charge in [0.25, 0.3) is 0 Å². The minimum absolute atomic E-state index is 0. The number of halogens is 1. The predicted octanol–water partition coefficient (Wildman–Crippen LogP) is 2.91. The quantitative estimate of drug-likeness (QED) is 0.903. The molecule has 1 aromatic heterocycles. The van der Waals surface area contributed by atoms with Crippen LogP contribution in [0.5, 0.6) is 0 Å². The Kier molecular flexibility index (Phi) is 3.94. The molecule has 18 heavy (non-hydrogen) atoms. The summed E-state index contributed by atoms with van der Waals surface area (Å²) < 4.78 is 0. The Labute approximate surface area is 113 Å². The van der Waals surface area contributed by atoms with E-state index in [1.165, 1.54) is 5.56 Å². The van der Waals surface area contributed by atoms with Crippen molar-refractivity contribution in [3.63, 3.8) is 0 Å². The average molecular weight is 262 g/mol. The minimum Gasteiger partial charge on any atom is -0.308 e. The van der Waals surface area contributed by atoms with Gasteiger partial charge in [-0.25, -0.2) is 0 Å². The Morgan fingerprint density at radius 2 is 2.00 bits per heavy atom. The van der Waals surface area contributed by atoms with Gasteiger partial charge < -0.3 is 5.32 Å². The Bertz CT molecular complexity index is 538. The summed E-state index contributed by atoms with van der Waals surface area (Å²) in [5, 5.41) is 3.38. The molecule has 1 unspecified atom stereocenters. The van der Waals surface area contributed by atoms with Crippen molar-refractivity contribution >= 4 is 12.4 Å². The molecule has 0 spiro atoms. The molecule has 94 valence electrons. The standard InChI is InChI=1S/C14H15N3.ClH/c1-10-3-2-4-11(9-10)13-14(12-5-6-15-12)17-8-7-16-13;/h2-4,7-9,12,15H,5-6H2,1H3;1H. The smallest absolute Gasteiger partial charge is 0.0933 e. The van der Waals surface area contributed by atoms with Crippen LogP contribution in [0.25, 0.3) is 11.3 Å². The second-order valence-electron chi connectivity index (χ2n) is 4.46. The molecule has 2 heterocycles. The van der Waals surface area contributed by atoms with Gasteiger partial charge in [-0.15, -0.1) is 12.4 Å². The first-order chi connectivity index (χ1) is 8.34. The van der Waals surface area contributed by atoms with E-state index >= 15 is 0 Å². The molecule has 1 saturated heterocycles. The zero-order valence-corrected chi connectivity index (χ0v) is 11.1. The van der Waals surface area contributed by atoms with Gasteiger partial charge in [-0.05, 0) is 26.0 Å². The van der Waals surface area contributed by atoms with E-state index in [1.54, 1.807) is 12.4 Å². The lowest BCUT2D eigenvalue weighted by Gasteiger charge is -2.28. The topological polar surface area (TPSA) is 37.8 Å². The van der Waals surface area contributed by atoms with Crippen LogP contribution in [-0.4, -0.2) is 16.5 Å². The van der Waals surface area contributed by atoms with Crippen LogP contribution in [0, 0.1) is 6.92 Å². The highest BCUT2D eigenvalue weighted by Gasteiger charge is 2.23. The maximum atomic E-state index is 4.49. The van der Waals surface area contributed by atoms with Crippen molar-refractivity contribution in [3.8, 4) is 11.3 Å². The zero-order valence-electron chi connectivity index (χ0n) is 10.3. The third kappa shape index (κ3) is 2.37. The van der Waals surface area contributed by atoms with Crippen molar-refractivity contribution < 1.29 is 0 Å². The average Bonchev–Trinajstić information content (AvgIpc) is 2.27. The molecule has 1 fully saturated rings. The van der Waals surface area contributed by atoms with E-state index in [4.69, 9.17) is 0 Å². The molecule has 1 aromatic carbocycles. The molecule has 4 heteroatoms. The largest absolute Gasteiger partial charge is 0.308 e. The SMILES string of the molecule is Cc1cccc(-c2nccnc2C2CCN2)c1.Cl. The van der Waals surface area contributed by atoms with Gasteiger partial charge in [-0.2, -0.15) is 0 Å². The van der Waals surface area contributed by atoms with Crippen LogP contribution >= 0.6 is 12.4 Å². The molecule has 3 nitrogen and oxygen atoms in total. The van der Waals surface area contributed by atoms with Gasteiger partial charge in [0, 0.05) is 18.0 Å². The molecule has 0 radical (unpaired) electrons. The first-order valence-corrected chi connectivity index (χ1v) is 5.96. The van der Waals surface area contributed by atoms with E-state index in [0.29, 0.717) is 6.04 Å². The molecule has 1 aliphatic rings. The van der Waals surface area contributed by atoms with Gasteiger partial charge in [-0.1, -0.05) is 23.8 Å². The normalized spacial score (nSPS) is 17.7. The highest BCUT2D eigenvalue weighted by molar-refractivity contribution is 5.85. The molecule has 0 amide bonds. The number of aryl methyl sites for hydroxylation is 1. The highest BCUT2D eigenvalue weighted by Crippen LogP contribution is 2.29. The molecular weight excluding hydrogens is 246 g/mol. The van der Waals surface area contributed by atoms with E-state index in [1.807, 2.05) is 0 Å². The van der Waals surface area contributed by atoms with Gasteiger partial charge in [0.05, 0.1) is 17.4 Å². The van der Waals surface area contributed by atoms with Crippen molar-refractivity contribution in [1.82, 2.24) is 15.3 Å². The first-order valence-electron chi connectivity index (χ1n) is 5.96. The summed E-state index contributed by atoms with van der Waals surface area (Å²) in [5.74, 6) is 0. The van der Waals surface area contributed by atoms with E-state index < -0.39 is 0 Å². The lowest BCUT2D eigenvalue weighted by atomic mass is 9.97. The molecular formula is C14H16ClN3. The van der Waals surface area contributed by atoms with Gasteiger partial charge in [-0.3, -0.25) is 9.97 Å². The van der Waals surface area contributed by atoms with Crippen molar-refractivity contribution in [1.29, 1.82) is 0 Å². The summed E-state index contributed by atoms with van der Waals surface area (Å²) in [7, 11) is 0. The maximum Gasteiger partial charge on any atom is 0.0933 e. The monoisotopic (exact) mass is 261 g/mol. The summed E-state index contributed by atoms with van der Waals surface area (Å²) >= 11 is 0. The van der Waals surface area contributed by atoms with E-state index in [0.717, 1.165) is 29.9 Å². The molecule has 2 aromatic rings. The van der Waals surface area contributed by atoms with Crippen LogP contribution in [0.2, 0.25) is 0 Å². The number of hydrogen-bond donors (Lipinski definition) is 1. The number of nitrogens with one attached hydrogen (secondary N) is 1. The molecule has 0 saturated carbocycles.